The zero-order chi connectivity index (χ0) is 14.2. The largest absolute Gasteiger partial charge is 0.481 e. The molecule has 4 atom stereocenters. The van der Waals surface area contributed by atoms with Crippen molar-refractivity contribution in [3.05, 3.63) is 0 Å². The Balaban J connectivity index is 2.00. The van der Waals surface area contributed by atoms with E-state index < -0.39 is 23.9 Å². The van der Waals surface area contributed by atoms with Gasteiger partial charge in [-0.25, -0.2) is 0 Å². The first-order valence-corrected chi connectivity index (χ1v) is 6.44. The number of carboxylic acid groups (broad SMARTS) is 2. The highest BCUT2D eigenvalue weighted by Gasteiger charge is 2.51. The summed E-state index contributed by atoms with van der Waals surface area (Å²) in [7, 11) is 0. The van der Waals surface area contributed by atoms with E-state index in [4.69, 9.17) is 15.9 Å². The van der Waals surface area contributed by atoms with Crippen LogP contribution in [0.25, 0.3) is 0 Å². The monoisotopic (exact) mass is 270 g/mol. The molecule has 0 aromatic heterocycles. The van der Waals surface area contributed by atoms with Crippen LogP contribution in [0.15, 0.2) is 0 Å². The fourth-order valence-corrected chi connectivity index (χ4v) is 3.19. The molecule has 1 amide bonds. The van der Waals surface area contributed by atoms with Crippen molar-refractivity contribution >= 4 is 17.8 Å². The van der Waals surface area contributed by atoms with Crippen LogP contribution in [-0.4, -0.2) is 51.1 Å². The number of hydrogen-bond donors (Lipinski definition) is 3. The van der Waals surface area contributed by atoms with Gasteiger partial charge in [0.25, 0.3) is 0 Å². The van der Waals surface area contributed by atoms with Crippen LogP contribution < -0.4 is 5.73 Å². The van der Waals surface area contributed by atoms with E-state index in [0.29, 0.717) is 12.8 Å². The Hall–Kier alpha value is -1.63. The highest BCUT2D eigenvalue weighted by molar-refractivity contribution is 5.85. The van der Waals surface area contributed by atoms with Crippen LogP contribution in [0, 0.1) is 5.92 Å². The number of amides is 1. The quantitative estimate of drug-likeness (QED) is 0.627. The van der Waals surface area contributed by atoms with Crippen molar-refractivity contribution in [2.75, 3.05) is 0 Å². The van der Waals surface area contributed by atoms with E-state index in [-0.39, 0.29) is 30.8 Å². The lowest BCUT2D eigenvalue weighted by atomic mass is 9.89. The molecule has 4 unspecified atom stereocenters. The third-order valence-electron chi connectivity index (χ3n) is 4.09. The number of carbonyl (C=O) groups excluding carboxylic acids is 1. The Labute approximate surface area is 110 Å². The van der Waals surface area contributed by atoms with E-state index >= 15 is 0 Å². The third-order valence-corrected chi connectivity index (χ3v) is 4.09. The molecule has 2 aliphatic heterocycles. The summed E-state index contributed by atoms with van der Waals surface area (Å²) in [5.41, 5.74) is 5.72. The summed E-state index contributed by atoms with van der Waals surface area (Å²) in [6, 6.07) is -1.17. The van der Waals surface area contributed by atoms with Gasteiger partial charge in [-0.15, -0.1) is 0 Å². The molecule has 0 aromatic carbocycles. The van der Waals surface area contributed by atoms with E-state index in [2.05, 4.69) is 0 Å². The summed E-state index contributed by atoms with van der Waals surface area (Å²) >= 11 is 0. The number of fused-ring (bicyclic) bond motifs is 2. The van der Waals surface area contributed by atoms with Gasteiger partial charge in [-0.2, -0.15) is 0 Å². The third kappa shape index (κ3) is 2.56. The van der Waals surface area contributed by atoms with Crippen LogP contribution in [0.3, 0.4) is 0 Å². The molecule has 2 fully saturated rings. The second-order valence-corrected chi connectivity index (χ2v) is 5.26. The van der Waals surface area contributed by atoms with Crippen molar-refractivity contribution in [1.82, 2.24) is 4.90 Å². The maximum absolute atomic E-state index is 12.2. The van der Waals surface area contributed by atoms with Gasteiger partial charge in [0.15, 0.2) is 0 Å². The second kappa shape index (κ2) is 5.16. The minimum absolute atomic E-state index is 0.0468. The highest BCUT2D eigenvalue weighted by atomic mass is 16.4. The molecule has 0 radical (unpaired) electrons. The zero-order valence-corrected chi connectivity index (χ0v) is 10.5. The van der Waals surface area contributed by atoms with Crippen molar-refractivity contribution in [3.63, 3.8) is 0 Å². The number of nitrogens with two attached hydrogens (primary N) is 1. The lowest BCUT2D eigenvalue weighted by molar-refractivity contribution is -0.143. The molecule has 19 heavy (non-hydrogen) atoms. The topological polar surface area (TPSA) is 121 Å². The number of hydrogen-bond acceptors (Lipinski definition) is 4. The Morgan fingerprint density at radius 2 is 1.95 bits per heavy atom. The smallest absolute Gasteiger partial charge is 0.308 e. The van der Waals surface area contributed by atoms with Crippen LogP contribution in [0.2, 0.25) is 0 Å². The summed E-state index contributed by atoms with van der Waals surface area (Å²) in [5.74, 6) is -2.67. The molecular weight excluding hydrogens is 252 g/mol. The molecule has 2 rings (SSSR count). The first-order chi connectivity index (χ1) is 8.91. The van der Waals surface area contributed by atoms with Crippen molar-refractivity contribution in [2.45, 2.75) is 50.2 Å². The highest BCUT2D eigenvalue weighted by Crippen LogP contribution is 2.42. The van der Waals surface area contributed by atoms with Crippen molar-refractivity contribution in [3.8, 4) is 0 Å². The minimum Gasteiger partial charge on any atom is -0.481 e. The number of rotatable bonds is 5. The van der Waals surface area contributed by atoms with E-state index in [0.717, 1.165) is 6.42 Å². The molecule has 2 aliphatic rings. The summed E-state index contributed by atoms with van der Waals surface area (Å²) in [4.78, 5) is 35.4. The molecular formula is C12H18N2O5. The van der Waals surface area contributed by atoms with Gasteiger partial charge in [-0.3, -0.25) is 14.4 Å². The van der Waals surface area contributed by atoms with Gasteiger partial charge in [-0.05, 0) is 25.7 Å². The van der Waals surface area contributed by atoms with Gasteiger partial charge in [0, 0.05) is 18.5 Å². The van der Waals surface area contributed by atoms with Crippen LogP contribution in [0.5, 0.6) is 0 Å². The number of carbonyl (C=O) groups is 3. The lowest BCUT2D eigenvalue weighted by Crippen LogP contribution is -2.47. The first kappa shape index (κ1) is 13.8. The fourth-order valence-electron chi connectivity index (χ4n) is 3.19. The Kier molecular flexibility index (Phi) is 3.75. The molecule has 0 aromatic rings. The Morgan fingerprint density at radius 3 is 2.47 bits per heavy atom. The van der Waals surface area contributed by atoms with Gasteiger partial charge < -0.3 is 20.8 Å². The van der Waals surface area contributed by atoms with Crippen LogP contribution in [0.1, 0.15) is 32.1 Å². The predicted molar refractivity (Wildman–Crippen MR) is 64.2 cm³/mol. The van der Waals surface area contributed by atoms with Crippen molar-refractivity contribution < 1.29 is 24.6 Å². The van der Waals surface area contributed by atoms with Crippen LogP contribution in [-0.2, 0) is 14.4 Å². The summed E-state index contributed by atoms with van der Waals surface area (Å²) in [5, 5.41) is 17.7. The lowest BCUT2D eigenvalue weighted by Gasteiger charge is -2.26. The number of nitrogens with zero attached hydrogens (tertiary/aromatic N) is 1. The molecule has 7 heteroatoms. The Morgan fingerprint density at radius 1 is 1.26 bits per heavy atom. The Bertz CT molecular complexity index is 411. The number of carboxylic acids is 2. The molecule has 0 aliphatic carbocycles. The van der Waals surface area contributed by atoms with Gasteiger partial charge in [0.1, 0.15) is 0 Å². The van der Waals surface area contributed by atoms with E-state index in [1.165, 1.54) is 0 Å². The van der Waals surface area contributed by atoms with Crippen LogP contribution >= 0.6 is 0 Å². The summed E-state index contributed by atoms with van der Waals surface area (Å²) < 4.78 is 0. The molecule has 4 N–H and O–H groups in total. The first-order valence-electron chi connectivity index (χ1n) is 6.44. The molecule has 2 bridgehead atoms. The molecule has 0 spiro atoms. The van der Waals surface area contributed by atoms with Gasteiger partial charge >= 0.3 is 11.9 Å². The molecule has 2 heterocycles. The molecule has 2 saturated heterocycles. The fraction of sp³-hybridized carbons (Fsp3) is 0.750. The molecule has 7 nitrogen and oxygen atoms in total. The zero-order valence-electron chi connectivity index (χ0n) is 10.5. The minimum atomic E-state index is -0.990. The predicted octanol–water partition coefficient (Wildman–Crippen LogP) is -0.357. The van der Waals surface area contributed by atoms with Gasteiger partial charge in [-0.1, -0.05) is 0 Å². The second-order valence-electron chi connectivity index (χ2n) is 5.26. The number of aliphatic carboxylic acids is 2. The van der Waals surface area contributed by atoms with Gasteiger partial charge in [0.05, 0.1) is 12.0 Å². The van der Waals surface area contributed by atoms with Crippen LogP contribution in [0.4, 0.5) is 0 Å². The average Bonchev–Trinajstić information content (AvgIpc) is 2.92. The summed E-state index contributed by atoms with van der Waals surface area (Å²) in [6.45, 7) is 0. The standard InChI is InChI=1S/C12H18N2O5/c13-8(2-4-10(15)16)11(17)14-6-1-3-9(14)7(5-6)12(18)19/h6-9H,1-5,13H2,(H,15,16)(H,18,19). The van der Waals surface area contributed by atoms with E-state index in [1.807, 2.05) is 0 Å². The van der Waals surface area contributed by atoms with E-state index in [9.17, 15) is 14.4 Å². The van der Waals surface area contributed by atoms with E-state index in [1.54, 1.807) is 4.90 Å². The molecule has 106 valence electrons. The SMILES string of the molecule is NC(CCC(=O)O)C(=O)N1C2CCC1C(C(=O)O)C2. The summed E-state index contributed by atoms with van der Waals surface area (Å²) in [6.07, 6.45) is 1.92. The van der Waals surface area contributed by atoms with Crippen molar-refractivity contribution in [1.29, 1.82) is 0 Å². The normalized spacial score (nSPS) is 30.4. The maximum atomic E-state index is 12.2. The van der Waals surface area contributed by atoms with Crippen molar-refractivity contribution in [2.24, 2.45) is 11.7 Å². The van der Waals surface area contributed by atoms with Gasteiger partial charge in [0.2, 0.25) is 5.91 Å². The average molecular weight is 270 g/mol. The maximum Gasteiger partial charge on any atom is 0.308 e. The molecule has 0 saturated carbocycles.